The Morgan fingerprint density at radius 3 is 2.76 bits per heavy atom. The highest BCUT2D eigenvalue weighted by molar-refractivity contribution is 5.92. The Labute approximate surface area is 102 Å². The third-order valence-electron chi connectivity index (χ3n) is 2.44. The maximum Gasteiger partial charge on any atom is 0.336 e. The van der Waals surface area contributed by atoms with Gasteiger partial charge in [-0.25, -0.2) is 4.79 Å². The first-order valence-electron chi connectivity index (χ1n) is 5.91. The highest BCUT2D eigenvalue weighted by Gasteiger charge is 2.05. The molecule has 17 heavy (non-hydrogen) atoms. The predicted octanol–water partition coefficient (Wildman–Crippen LogP) is 4.14. The lowest BCUT2D eigenvalue weighted by Crippen LogP contribution is -1.98. The summed E-state index contributed by atoms with van der Waals surface area (Å²) in [6.45, 7) is 2.16. The molecular weight excluding hydrogens is 212 g/mol. The van der Waals surface area contributed by atoms with E-state index in [1.54, 1.807) is 18.2 Å². The lowest BCUT2D eigenvalue weighted by atomic mass is 10.1. The lowest BCUT2D eigenvalue weighted by Gasteiger charge is -1.98. The van der Waals surface area contributed by atoms with E-state index in [1.165, 1.54) is 12.8 Å². The summed E-state index contributed by atoms with van der Waals surface area (Å²) >= 11 is 0. The fourth-order valence-electron chi connectivity index (χ4n) is 1.49. The van der Waals surface area contributed by atoms with E-state index in [4.69, 9.17) is 5.11 Å². The quantitative estimate of drug-likeness (QED) is 0.589. The summed E-state index contributed by atoms with van der Waals surface area (Å²) in [5.41, 5.74) is 1.07. The van der Waals surface area contributed by atoms with E-state index in [0.29, 0.717) is 5.56 Å². The first-order chi connectivity index (χ1) is 8.25. The Bertz CT molecular complexity index is 417. The molecule has 0 aliphatic carbocycles. The zero-order chi connectivity index (χ0) is 12.5. The van der Waals surface area contributed by atoms with Crippen LogP contribution >= 0.6 is 0 Å². The van der Waals surface area contributed by atoms with Crippen LogP contribution in [-0.4, -0.2) is 11.1 Å². The molecule has 2 heteroatoms. The molecule has 0 saturated carbocycles. The molecule has 0 aromatic heterocycles. The van der Waals surface area contributed by atoms with Crippen molar-refractivity contribution in [3.8, 4) is 0 Å². The Morgan fingerprint density at radius 1 is 1.29 bits per heavy atom. The number of allylic oxidation sites excluding steroid dienone is 3. The SMILES string of the molecule is CCCCC=CC=Cc1ccccc1C(=O)O. The van der Waals surface area contributed by atoms with Crippen LogP contribution in [0.4, 0.5) is 0 Å². The molecule has 0 heterocycles. The minimum Gasteiger partial charge on any atom is -0.478 e. The third-order valence-corrected chi connectivity index (χ3v) is 2.44. The van der Waals surface area contributed by atoms with Crippen LogP contribution in [0.2, 0.25) is 0 Å². The van der Waals surface area contributed by atoms with Gasteiger partial charge in [0, 0.05) is 0 Å². The van der Waals surface area contributed by atoms with E-state index in [2.05, 4.69) is 13.0 Å². The minimum atomic E-state index is -0.889. The number of carboxylic acids is 1. The van der Waals surface area contributed by atoms with Crippen molar-refractivity contribution in [3.63, 3.8) is 0 Å². The second-order valence-electron chi connectivity index (χ2n) is 3.82. The van der Waals surface area contributed by atoms with Crippen LogP contribution in [0.1, 0.15) is 42.1 Å². The maximum absolute atomic E-state index is 10.9. The number of carboxylic acid groups (broad SMARTS) is 1. The van der Waals surface area contributed by atoms with Gasteiger partial charge in [0.05, 0.1) is 5.56 Å². The third kappa shape index (κ3) is 4.68. The number of benzene rings is 1. The van der Waals surface area contributed by atoms with E-state index >= 15 is 0 Å². The molecule has 0 aliphatic rings. The van der Waals surface area contributed by atoms with Gasteiger partial charge in [-0.05, 0) is 18.1 Å². The monoisotopic (exact) mass is 230 g/mol. The van der Waals surface area contributed by atoms with Gasteiger partial charge in [-0.15, -0.1) is 0 Å². The summed E-state index contributed by atoms with van der Waals surface area (Å²) in [6.07, 6.45) is 11.2. The molecule has 1 rings (SSSR count). The summed E-state index contributed by atoms with van der Waals surface area (Å²) in [6, 6.07) is 6.99. The smallest absolute Gasteiger partial charge is 0.336 e. The summed E-state index contributed by atoms with van der Waals surface area (Å²) in [7, 11) is 0. The number of aromatic carboxylic acids is 1. The molecule has 1 aromatic carbocycles. The summed E-state index contributed by atoms with van der Waals surface area (Å²) < 4.78 is 0. The molecule has 1 N–H and O–H groups in total. The van der Waals surface area contributed by atoms with Crippen molar-refractivity contribution < 1.29 is 9.90 Å². The zero-order valence-corrected chi connectivity index (χ0v) is 10.1. The predicted molar refractivity (Wildman–Crippen MR) is 71.1 cm³/mol. The summed E-state index contributed by atoms with van der Waals surface area (Å²) in [5.74, 6) is -0.889. The van der Waals surface area contributed by atoms with Crippen LogP contribution in [0.25, 0.3) is 6.08 Å². The highest BCUT2D eigenvalue weighted by atomic mass is 16.4. The van der Waals surface area contributed by atoms with E-state index < -0.39 is 5.97 Å². The molecule has 0 spiro atoms. The van der Waals surface area contributed by atoms with Crippen LogP contribution in [0.15, 0.2) is 42.5 Å². The summed E-state index contributed by atoms with van der Waals surface area (Å²) in [4.78, 5) is 10.9. The van der Waals surface area contributed by atoms with Gasteiger partial charge in [0.25, 0.3) is 0 Å². The molecule has 0 atom stereocenters. The van der Waals surface area contributed by atoms with E-state index in [-0.39, 0.29) is 0 Å². The van der Waals surface area contributed by atoms with Crippen molar-refractivity contribution in [2.24, 2.45) is 0 Å². The number of rotatable bonds is 6. The Morgan fingerprint density at radius 2 is 2.06 bits per heavy atom. The first kappa shape index (κ1) is 13.2. The minimum absolute atomic E-state index is 0.339. The molecule has 1 aromatic rings. The standard InChI is InChI=1S/C15H18O2/c1-2-3-4-5-6-7-10-13-11-8-9-12-14(13)15(16)17/h5-12H,2-4H2,1H3,(H,16,17). The van der Waals surface area contributed by atoms with Crippen LogP contribution in [0.3, 0.4) is 0 Å². The van der Waals surface area contributed by atoms with Crippen molar-refractivity contribution in [1.29, 1.82) is 0 Å². The average Bonchev–Trinajstić information content (AvgIpc) is 2.34. The highest BCUT2D eigenvalue weighted by Crippen LogP contribution is 2.10. The lowest BCUT2D eigenvalue weighted by molar-refractivity contribution is 0.0696. The number of unbranched alkanes of at least 4 members (excludes halogenated alkanes) is 2. The van der Waals surface area contributed by atoms with Crippen molar-refractivity contribution in [2.75, 3.05) is 0 Å². The van der Waals surface area contributed by atoms with Gasteiger partial charge in [0.2, 0.25) is 0 Å². The number of hydrogen-bond donors (Lipinski definition) is 1. The van der Waals surface area contributed by atoms with Crippen molar-refractivity contribution >= 4 is 12.0 Å². The van der Waals surface area contributed by atoms with Gasteiger partial charge in [-0.3, -0.25) is 0 Å². The van der Waals surface area contributed by atoms with E-state index in [0.717, 1.165) is 12.0 Å². The fraction of sp³-hybridized carbons (Fsp3) is 0.267. The van der Waals surface area contributed by atoms with Crippen LogP contribution in [0.5, 0.6) is 0 Å². The normalized spacial score (nSPS) is 11.4. The molecule has 0 radical (unpaired) electrons. The zero-order valence-electron chi connectivity index (χ0n) is 10.1. The van der Waals surface area contributed by atoms with Crippen molar-refractivity contribution in [3.05, 3.63) is 53.6 Å². The maximum atomic E-state index is 10.9. The van der Waals surface area contributed by atoms with Gasteiger partial charge in [-0.1, -0.05) is 62.3 Å². The Balaban J connectivity index is 2.65. The van der Waals surface area contributed by atoms with Crippen LogP contribution in [0, 0.1) is 0 Å². The topological polar surface area (TPSA) is 37.3 Å². The average molecular weight is 230 g/mol. The van der Waals surface area contributed by atoms with Gasteiger partial charge in [0.15, 0.2) is 0 Å². The molecule has 0 fully saturated rings. The molecular formula is C15H18O2. The number of hydrogen-bond acceptors (Lipinski definition) is 1. The molecule has 0 aliphatic heterocycles. The first-order valence-corrected chi connectivity index (χ1v) is 5.91. The van der Waals surface area contributed by atoms with E-state index in [9.17, 15) is 4.79 Å². The molecule has 0 amide bonds. The Hall–Kier alpha value is -1.83. The fourth-order valence-corrected chi connectivity index (χ4v) is 1.49. The molecule has 2 nitrogen and oxygen atoms in total. The van der Waals surface area contributed by atoms with Gasteiger partial charge in [0.1, 0.15) is 0 Å². The van der Waals surface area contributed by atoms with Gasteiger partial charge >= 0.3 is 5.97 Å². The number of carbonyl (C=O) groups is 1. The Kier molecular flexibility index (Phi) is 5.80. The van der Waals surface area contributed by atoms with Crippen LogP contribution < -0.4 is 0 Å². The van der Waals surface area contributed by atoms with Gasteiger partial charge < -0.3 is 5.11 Å². The summed E-state index contributed by atoms with van der Waals surface area (Å²) in [5, 5.41) is 8.99. The molecule has 0 saturated heterocycles. The van der Waals surface area contributed by atoms with Crippen molar-refractivity contribution in [1.82, 2.24) is 0 Å². The van der Waals surface area contributed by atoms with Crippen LogP contribution in [-0.2, 0) is 0 Å². The molecule has 90 valence electrons. The molecule has 0 bridgehead atoms. The molecule has 0 unspecified atom stereocenters. The van der Waals surface area contributed by atoms with Gasteiger partial charge in [-0.2, -0.15) is 0 Å². The second kappa shape index (κ2) is 7.44. The second-order valence-corrected chi connectivity index (χ2v) is 3.82. The van der Waals surface area contributed by atoms with Crippen molar-refractivity contribution in [2.45, 2.75) is 26.2 Å². The van der Waals surface area contributed by atoms with E-state index in [1.807, 2.05) is 24.3 Å². The largest absolute Gasteiger partial charge is 0.478 e.